The van der Waals surface area contributed by atoms with E-state index in [1.807, 2.05) is 72.8 Å². The van der Waals surface area contributed by atoms with E-state index in [9.17, 15) is 4.79 Å². The maximum absolute atomic E-state index is 13.2. The molecule has 3 heterocycles. The zero-order valence-corrected chi connectivity index (χ0v) is 20.7. The average Bonchev–Trinajstić information content (AvgIpc) is 3.60. The number of rotatable bonds is 6. The number of esters is 1. The lowest BCUT2D eigenvalue weighted by Gasteiger charge is -2.29. The molecule has 1 unspecified atom stereocenters. The minimum absolute atomic E-state index is 0.433. The first-order valence-electron chi connectivity index (χ1n) is 11.1. The fraction of sp³-hybridized carbons (Fsp3) is 0.120. The van der Waals surface area contributed by atoms with E-state index in [0.29, 0.717) is 23.0 Å². The maximum atomic E-state index is 13.2. The van der Waals surface area contributed by atoms with E-state index >= 15 is 0 Å². The van der Waals surface area contributed by atoms with Crippen LogP contribution in [0, 0.1) is 0 Å². The molecular weight excluding hydrogens is 494 g/mol. The Morgan fingerprint density at radius 1 is 1.03 bits per heavy atom. The van der Waals surface area contributed by atoms with Crippen LogP contribution in [0.5, 0.6) is 0 Å². The number of nitrogens with zero attached hydrogens (tertiary/aromatic N) is 6. The summed E-state index contributed by atoms with van der Waals surface area (Å²) in [5, 5.41) is 27.0. The second-order valence-electron chi connectivity index (χ2n) is 7.95. The van der Waals surface area contributed by atoms with Gasteiger partial charge in [-0.05, 0) is 26.8 Å². The molecule has 0 spiro atoms. The molecule has 1 atom stereocenters. The van der Waals surface area contributed by atoms with Crippen molar-refractivity contribution in [1.29, 1.82) is 0 Å². The molecule has 1 N–H and O–H groups in total. The molecule has 0 aliphatic carbocycles. The van der Waals surface area contributed by atoms with Gasteiger partial charge >= 0.3 is 5.97 Å². The Morgan fingerprint density at radius 3 is 2.69 bits per heavy atom. The summed E-state index contributed by atoms with van der Waals surface area (Å²) in [5.74, 6) is 0.444. The van der Waals surface area contributed by atoms with E-state index in [2.05, 4.69) is 31.0 Å². The fourth-order valence-electron chi connectivity index (χ4n) is 4.27. The zero-order valence-electron chi connectivity index (χ0n) is 19.0. The van der Waals surface area contributed by atoms with Crippen molar-refractivity contribution < 1.29 is 9.53 Å². The molecule has 36 heavy (non-hydrogen) atoms. The Labute approximate surface area is 214 Å². The highest BCUT2D eigenvalue weighted by molar-refractivity contribution is 8.01. The van der Waals surface area contributed by atoms with Gasteiger partial charge in [-0.15, -0.1) is 10.2 Å². The number of benzene rings is 3. The zero-order chi connectivity index (χ0) is 24.5. The monoisotopic (exact) mass is 513 g/mol. The van der Waals surface area contributed by atoms with Crippen molar-refractivity contribution in [1.82, 2.24) is 30.4 Å². The molecule has 0 fully saturated rings. The Kier molecular flexibility index (Phi) is 5.91. The summed E-state index contributed by atoms with van der Waals surface area (Å²) in [5.41, 5.74) is 3.05. The third-order valence-electron chi connectivity index (χ3n) is 5.89. The van der Waals surface area contributed by atoms with Gasteiger partial charge in [-0.2, -0.15) is 4.68 Å². The maximum Gasteiger partial charge on any atom is 0.338 e. The van der Waals surface area contributed by atoms with Crippen molar-refractivity contribution in [2.75, 3.05) is 18.2 Å². The highest BCUT2D eigenvalue weighted by Gasteiger charge is 2.36. The molecule has 1 aliphatic rings. The second kappa shape index (κ2) is 9.51. The fourth-order valence-corrected chi connectivity index (χ4v) is 6.10. The van der Waals surface area contributed by atoms with Crippen molar-refractivity contribution >= 4 is 45.8 Å². The molecular formula is C25H19N7O2S2. The minimum atomic E-state index is -0.556. The number of hydrogen-bond acceptors (Lipinski definition) is 10. The van der Waals surface area contributed by atoms with Crippen LogP contribution in [0.25, 0.3) is 21.3 Å². The van der Waals surface area contributed by atoms with E-state index in [1.54, 1.807) is 4.68 Å². The van der Waals surface area contributed by atoms with Gasteiger partial charge in [-0.3, -0.25) is 0 Å². The summed E-state index contributed by atoms with van der Waals surface area (Å²) in [4.78, 5) is 13.2. The van der Waals surface area contributed by atoms with Crippen LogP contribution in [0.15, 0.2) is 88.4 Å². The number of hydrogen-bond donors (Lipinski definition) is 1. The van der Waals surface area contributed by atoms with Crippen LogP contribution in [-0.4, -0.2) is 49.2 Å². The summed E-state index contributed by atoms with van der Waals surface area (Å²) < 4.78 is 7.65. The first kappa shape index (κ1) is 22.4. The summed E-state index contributed by atoms with van der Waals surface area (Å²) in [6.07, 6.45) is 0. The van der Waals surface area contributed by atoms with Gasteiger partial charge in [0, 0.05) is 17.0 Å². The lowest BCUT2D eigenvalue weighted by molar-refractivity contribution is -0.136. The van der Waals surface area contributed by atoms with E-state index in [-0.39, 0.29) is 0 Å². The Bertz CT molecular complexity index is 1590. The molecule has 6 rings (SSSR count). The van der Waals surface area contributed by atoms with Crippen LogP contribution >= 0.6 is 23.1 Å². The SMILES string of the molecule is COC(=O)C1=C(CSc2nnc(-c3ccccc3)s2)Nc2nnnn2C1c1cccc2ccccc12. The van der Waals surface area contributed by atoms with Crippen molar-refractivity contribution in [3.8, 4) is 10.6 Å². The third-order valence-corrected chi connectivity index (χ3v) is 8.02. The van der Waals surface area contributed by atoms with Gasteiger partial charge in [0.2, 0.25) is 5.95 Å². The Hall–Kier alpha value is -4.09. The summed E-state index contributed by atoms with van der Waals surface area (Å²) in [6.45, 7) is 0. The highest BCUT2D eigenvalue weighted by atomic mass is 32.2. The molecule has 0 saturated heterocycles. The van der Waals surface area contributed by atoms with Crippen molar-refractivity contribution in [2.24, 2.45) is 0 Å². The Morgan fingerprint density at radius 2 is 1.83 bits per heavy atom. The van der Waals surface area contributed by atoms with Gasteiger partial charge in [-0.1, -0.05) is 101 Å². The van der Waals surface area contributed by atoms with Crippen LogP contribution in [0.3, 0.4) is 0 Å². The molecule has 5 aromatic rings. The van der Waals surface area contributed by atoms with Crippen molar-refractivity contribution in [3.05, 3.63) is 89.6 Å². The Balaban J connectivity index is 1.40. The summed E-state index contributed by atoms with van der Waals surface area (Å²) in [7, 11) is 1.38. The largest absolute Gasteiger partial charge is 0.466 e. The number of ether oxygens (including phenoxy) is 1. The summed E-state index contributed by atoms with van der Waals surface area (Å²) in [6, 6.07) is 23.4. The van der Waals surface area contributed by atoms with Crippen LogP contribution in [0.4, 0.5) is 5.95 Å². The highest BCUT2D eigenvalue weighted by Crippen LogP contribution is 2.40. The van der Waals surface area contributed by atoms with Crippen molar-refractivity contribution in [2.45, 2.75) is 10.4 Å². The van der Waals surface area contributed by atoms with Gasteiger partial charge in [0.05, 0.1) is 12.7 Å². The van der Waals surface area contributed by atoms with E-state index < -0.39 is 12.0 Å². The first-order valence-corrected chi connectivity index (χ1v) is 12.9. The quantitative estimate of drug-likeness (QED) is 0.258. The van der Waals surface area contributed by atoms with Gasteiger partial charge < -0.3 is 10.1 Å². The normalized spacial score (nSPS) is 15.0. The molecule has 9 nitrogen and oxygen atoms in total. The second-order valence-corrected chi connectivity index (χ2v) is 10.2. The topological polar surface area (TPSA) is 108 Å². The number of methoxy groups -OCH3 is 1. The molecule has 178 valence electrons. The number of tetrazole rings is 1. The van der Waals surface area contributed by atoms with Gasteiger partial charge in [0.15, 0.2) is 4.34 Å². The minimum Gasteiger partial charge on any atom is -0.466 e. The van der Waals surface area contributed by atoms with E-state index in [0.717, 1.165) is 31.2 Å². The van der Waals surface area contributed by atoms with Gasteiger partial charge in [0.1, 0.15) is 11.0 Å². The van der Waals surface area contributed by atoms with Gasteiger partial charge in [-0.25, -0.2) is 4.79 Å². The van der Waals surface area contributed by atoms with E-state index in [1.165, 1.54) is 30.2 Å². The number of nitrogens with one attached hydrogen (secondary N) is 1. The molecule has 0 saturated carbocycles. The standard InChI is InChI=1S/C25H19N7O2S2/c1-34-23(33)20-19(14-35-25-29-27-22(36-25)16-9-3-2-4-10-16)26-24-28-30-31-32(24)21(20)18-13-7-11-15-8-5-6-12-17(15)18/h2-13,21H,14H2,1H3,(H,26,28,31). The summed E-state index contributed by atoms with van der Waals surface area (Å²) >= 11 is 3.00. The number of carbonyl (C=O) groups is 1. The van der Waals surface area contributed by atoms with Crippen LogP contribution < -0.4 is 5.32 Å². The smallest absolute Gasteiger partial charge is 0.338 e. The molecule has 0 radical (unpaired) electrons. The molecule has 0 bridgehead atoms. The number of thioether (sulfide) groups is 1. The third kappa shape index (κ3) is 4.01. The molecule has 3 aromatic carbocycles. The van der Waals surface area contributed by atoms with E-state index in [4.69, 9.17) is 4.74 Å². The number of anilines is 1. The molecule has 11 heteroatoms. The van der Waals surface area contributed by atoms with Crippen LogP contribution in [0.2, 0.25) is 0 Å². The predicted molar refractivity (Wildman–Crippen MR) is 139 cm³/mol. The van der Waals surface area contributed by atoms with Crippen molar-refractivity contribution in [3.63, 3.8) is 0 Å². The van der Waals surface area contributed by atoms with Crippen LogP contribution in [-0.2, 0) is 9.53 Å². The number of fused-ring (bicyclic) bond motifs is 2. The van der Waals surface area contributed by atoms with Gasteiger partial charge in [0.25, 0.3) is 0 Å². The first-order chi connectivity index (χ1) is 17.7. The molecule has 0 amide bonds. The lowest BCUT2D eigenvalue weighted by Crippen LogP contribution is -2.31. The van der Waals surface area contributed by atoms with Crippen LogP contribution in [0.1, 0.15) is 11.6 Å². The molecule has 2 aromatic heterocycles. The number of aromatic nitrogens is 6. The lowest BCUT2D eigenvalue weighted by atomic mass is 9.91. The average molecular weight is 514 g/mol. The number of carbonyl (C=O) groups excluding carboxylic acids is 1. The predicted octanol–water partition coefficient (Wildman–Crippen LogP) is 4.58. The molecule has 1 aliphatic heterocycles.